The average molecular weight is 170 g/mol. The molecule has 0 amide bonds. The number of allylic oxidation sites excluding steroid dienone is 1. The van der Waals surface area contributed by atoms with Gasteiger partial charge in [-0.15, -0.1) is 6.58 Å². The van der Waals surface area contributed by atoms with Gasteiger partial charge in [0.2, 0.25) is 0 Å². The molecular formula is C7H10F4. The number of rotatable bonds is 5. The van der Waals surface area contributed by atoms with Gasteiger partial charge >= 0.3 is 0 Å². The average Bonchev–Trinajstić information content (AvgIpc) is 1.99. The Kier molecular flexibility index (Phi) is 4.15. The van der Waals surface area contributed by atoms with Crippen molar-refractivity contribution >= 4 is 0 Å². The van der Waals surface area contributed by atoms with E-state index in [1.807, 2.05) is 0 Å². The molecule has 0 rings (SSSR count). The van der Waals surface area contributed by atoms with Crippen molar-refractivity contribution in [3.63, 3.8) is 0 Å². The van der Waals surface area contributed by atoms with Crippen LogP contribution < -0.4 is 0 Å². The maximum Gasteiger partial charge on any atom is 0.281 e. The molecule has 0 aliphatic carbocycles. The summed E-state index contributed by atoms with van der Waals surface area (Å²) in [6.07, 6.45) is -2.11. The molecule has 1 atom stereocenters. The number of hydrogen-bond acceptors (Lipinski definition) is 0. The van der Waals surface area contributed by atoms with Gasteiger partial charge in [0.25, 0.3) is 5.92 Å². The summed E-state index contributed by atoms with van der Waals surface area (Å²) in [6, 6.07) is 0. The van der Waals surface area contributed by atoms with Gasteiger partial charge in [-0.05, 0) is 6.42 Å². The summed E-state index contributed by atoms with van der Waals surface area (Å²) in [7, 11) is 0. The summed E-state index contributed by atoms with van der Waals surface area (Å²) < 4.78 is 48.2. The molecule has 11 heavy (non-hydrogen) atoms. The molecule has 0 N–H and O–H groups in total. The number of hydrogen-bond donors (Lipinski definition) is 0. The highest BCUT2D eigenvalue weighted by Crippen LogP contribution is 2.27. The second kappa shape index (κ2) is 4.36. The zero-order chi connectivity index (χ0) is 8.91. The van der Waals surface area contributed by atoms with Crippen molar-refractivity contribution in [1.29, 1.82) is 0 Å². The van der Waals surface area contributed by atoms with Crippen LogP contribution >= 0.6 is 0 Å². The summed E-state index contributed by atoms with van der Waals surface area (Å²) in [5, 5.41) is 0. The van der Waals surface area contributed by atoms with Crippen LogP contribution in [0.4, 0.5) is 17.6 Å². The van der Waals surface area contributed by atoms with Crippen LogP contribution in [0, 0.1) is 0 Å². The number of alkyl halides is 4. The first kappa shape index (κ1) is 10.5. The lowest BCUT2D eigenvalue weighted by Gasteiger charge is -2.16. The SMILES string of the molecule is C=CCCC(F)(F)C(F)CF. The first-order chi connectivity index (χ1) is 5.04. The van der Waals surface area contributed by atoms with Crippen molar-refractivity contribution in [2.45, 2.75) is 24.9 Å². The molecule has 0 aliphatic heterocycles. The highest BCUT2D eigenvalue weighted by atomic mass is 19.3. The van der Waals surface area contributed by atoms with Gasteiger partial charge in [0.1, 0.15) is 6.67 Å². The molecule has 0 nitrogen and oxygen atoms in total. The minimum absolute atomic E-state index is 0.00653. The quantitative estimate of drug-likeness (QED) is 0.439. The Bertz CT molecular complexity index is 122. The van der Waals surface area contributed by atoms with Gasteiger partial charge in [-0.3, -0.25) is 0 Å². The van der Waals surface area contributed by atoms with E-state index in [2.05, 4.69) is 6.58 Å². The Balaban J connectivity index is 3.86. The third kappa shape index (κ3) is 3.39. The fraction of sp³-hybridized carbons (Fsp3) is 0.714. The molecular weight excluding hydrogens is 160 g/mol. The van der Waals surface area contributed by atoms with Gasteiger partial charge in [0.05, 0.1) is 0 Å². The molecule has 0 aromatic carbocycles. The highest BCUT2D eigenvalue weighted by Gasteiger charge is 2.38. The maximum absolute atomic E-state index is 12.3. The van der Waals surface area contributed by atoms with Crippen LogP contribution in [0.2, 0.25) is 0 Å². The van der Waals surface area contributed by atoms with Gasteiger partial charge in [-0.2, -0.15) is 0 Å². The van der Waals surface area contributed by atoms with E-state index >= 15 is 0 Å². The minimum atomic E-state index is -3.55. The van der Waals surface area contributed by atoms with E-state index in [4.69, 9.17) is 0 Å². The van der Waals surface area contributed by atoms with E-state index in [1.54, 1.807) is 0 Å². The second-order valence-corrected chi connectivity index (χ2v) is 2.21. The van der Waals surface area contributed by atoms with Gasteiger partial charge < -0.3 is 0 Å². The molecule has 4 heteroatoms. The third-order valence-electron chi connectivity index (χ3n) is 1.28. The normalized spacial score (nSPS) is 14.5. The van der Waals surface area contributed by atoms with Crippen molar-refractivity contribution < 1.29 is 17.6 Å². The van der Waals surface area contributed by atoms with E-state index < -0.39 is 25.2 Å². The van der Waals surface area contributed by atoms with E-state index in [0.717, 1.165) is 0 Å². The summed E-state index contributed by atoms with van der Waals surface area (Å²) in [4.78, 5) is 0. The van der Waals surface area contributed by atoms with Gasteiger partial charge in [0, 0.05) is 6.42 Å². The lowest BCUT2D eigenvalue weighted by atomic mass is 10.1. The first-order valence-corrected chi connectivity index (χ1v) is 3.23. The molecule has 0 spiro atoms. The van der Waals surface area contributed by atoms with Crippen molar-refractivity contribution in [3.8, 4) is 0 Å². The molecule has 0 bridgehead atoms. The fourth-order valence-electron chi connectivity index (χ4n) is 0.564. The van der Waals surface area contributed by atoms with Crippen LogP contribution in [-0.2, 0) is 0 Å². The zero-order valence-electron chi connectivity index (χ0n) is 5.99. The Hall–Kier alpha value is -0.540. The van der Waals surface area contributed by atoms with Crippen molar-refractivity contribution in [3.05, 3.63) is 12.7 Å². The minimum Gasteiger partial charge on any atom is -0.248 e. The molecule has 0 saturated carbocycles. The van der Waals surface area contributed by atoms with Crippen LogP contribution in [0.5, 0.6) is 0 Å². The molecule has 0 radical (unpaired) electrons. The summed E-state index contributed by atoms with van der Waals surface area (Å²) >= 11 is 0. The summed E-state index contributed by atoms with van der Waals surface area (Å²) in [5.41, 5.74) is 0. The standard InChI is InChI=1S/C7H10F4/c1-2-3-4-7(10,11)6(9)5-8/h2,6H,1,3-5H2. The summed E-state index contributed by atoms with van der Waals surface area (Å²) in [5.74, 6) is -3.55. The van der Waals surface area contributed by atoms with Gasteiger partial charge in [0.15, 0.2) is 6.17 Å². The largest absolute Gasteiger partial charge is 0.281 e. The van der Waals surface area contributed by atoms with E-state index in [-0.39, 0.29) is 6.42 Å². The van der Waals surface area contributed by atoms with Crippen molar-refractivity contribution in [2.24, 2.45) is 0 Å². The Morgan fingerprint density at radius 3 is 2.36 bits per heavy atom. The Morgan fingerprint density at radius 2 is 2.00 bits per heavy atom. The predicted molar refractivity (Wildman–Crippen MR) is 35.2 cm³/mol. The third-order valence-corrected chi connectivity index (χ3v) is 1.28. The lowest BCUT2D eigenvalue weighted by molar-refractivity contribution is -0.0842. The van der Waals surface area contributed by atoms with E-state index in [0.29, 0.717) is 0 Å². The molecule has 0 aliphatic rings. The molecule has 1 unspecified atom stereocenters. The zero-order valence-corrected chi connectivity index (χ0v) is 5.99. The number of halogens is 4. The van der Waals surface area contributed by atoms with Crippen molar-refractivity contribution in [1.82, 2.24) is 0 Å². The van der Waals surface area contributed by atoms with Crippen LogP contribution in [0.25, 0.3) is 0 Å². The monoisotopic (exact) mass is 170 g/mol. The van der Waals surface area contributed by atoms with E-state index in [1.165, 1.54) is 6.08 Å². The fourth-order valence-corrected chi connectivity index (χ4v) is 0.564. The van der Waals surface area contributed by atoms with Gasteiger partial charge in [-0.25, -0.2) is 17.6 Å². The Labute approximate surface area is 62.9 Å². The van der Waals surface area contributed by atoms with Crippen LogP contribution in [-0.4, -0.2) is 18.8 Å². The highest BCUT2D eigenvalue weighted by molar-refractivity contribution is 4.80. The second-order valence-electron chi connectivity index (χ2n) is 2.21. The molecule has 66 valence electrons. The van der Waals surface area contributed by atoms with Crippen molar-refractivity contribution in [2.75, 3.05) is 6.67 Å². The smallest absolute Gasteiger partial charge is 0.248 e. The van der Waals surface area contributed by atoms with Crippen LogP contribution in [0.15, 0.2) is 12.7 Å². The Morgan fingerprint density at radius 1 is 1.45 bits per heavy atom. The molecule has 0 aromatic heterocycles. The van der Waals surface area contributed by atoms with Crippen LogP contribution in [0.3, 0.4) is 0 Å². The predicted octanol–water partition coefficient (Wildman–Crippen LogP) is 2.90. The summed E-state index contributed by atoms with van der Waals surface area (Å²) in [6.45, 7) is 1.56. The van der Waals surface area contributed by atoms with Crippen LogP contribution in [0.1, 0.15) is 12.8 Å². The molecule has 0 fully saturated rings. The molecule has 0 saturated heterocycles. The van der Waals surface area contributed by atoms with E-state index in [9.17, 15) is 17.6 Å². The maximum atomic E-state index is 12.3. The van der Waals surface area contributed by atoms with Gasteiger partial charge in [-0.1, -0.05) is 6.08 Å². The topological polar surface area (TPSA) is 0 Å². The molecule has 0 heterocycles. The lowest BCUT2D eigenvalue weighted by Crippen LogP contribution is -2.31. The molecule has 0 aromatic rings. The first-order valence-electron chi connectivity index (χ1n) is 3.23.